The van der Waals surface area contributed by atoms with Crippen LogP contribution in [0.2, 0.25) is 0 Å². The number of aromatic nitrogens is 1. The minimum Gasteiger partial charge on any atom is -0.351 e. The molecule has 0 aliphatic carbocycles. The van der Waals surface area contributed by atoms with Gasteiger partial charge in [-0.05, 0) is 17.5 Å². The van der Waals surface area contributed by atoms with Crippen molar-refractivity contribution in [3.8, 4) is 0 Å². The lowest BCUT2D eigenvalue weighted by Crippen LogP contribution is -2.30. The van der Waals surface area contributed by atoms with E-state index in [1.54, 1.807) is 5.38 Å². The number of rotatable bonds is 10. The molecular formula is C22H28Cl2N4OS. The normalized spacial score (nSPS) is 10.2. The molecule has 0 saturated carbocycles. The molecule has 30 heavy (non-hydrogen) atoms. The number of nitrogens with one attached hydrogen (secondary N) is 1. The summed E-state index contributed by atoms with van der Waals surface area (Å²) in [5.74, 6) is -0.131. The molecule has 0 atom stereocenters. The van der Waals surface area contributed by atoms with E-state index in [2.05, 4.69) is 63.7 Å². The van der Waals surface area contributed by atoms with Crippen LogP contribution in [0.15, 0.2) is 66.0 Å². The molecule has 2 aromatic carbocycles. The highest BCUT2D eigenvalue weighted by atomic mass is 35.5. The van der Waals surface area contributed by atoms with Crippen molar-refractivity contribution in [3.05, 3.63) is 87.9 Å². The Balaban J connectivity index is 0.00000225. The summed E-state index contributed by atoms with van der Waals surface area (Å²) in [5, 5.41) is 5.50. The Morgan fingerprint density at radius 3 is 2.03 bits per heavy atom. The fraction of sp³-hybridized carbons (Fsp3) is 0.273. The maximum Gasteiger partial charge on any atom is 0.270 e. The molecule has 3 rings (SSSR count). The summed E-state index contributed by atoms with van der Waals surface area (Å²) in [7, 11) is 0. The largest absolute Gasteiger partial charge is 0.351 e. The Hall–Kier alpha value is -1.96. The molecular weight excluding hydrogens is 439 g/mol. The lowest BCUT2D eigenvalue weighted by atomic mass is 10.1. The third-order valence-electron chi connectivity index (χ3n) is 4.39. The fourth-order valence-electron chi connectivity index (χ4n) is 3.00. The van der Waals surface area contributed by atoms with Crippen LogP contribution in [-0.2, 0) is 19.6 Å². The highest BCUT2D eigenvalue weighted by Crippen LogP contribution is 2.11. The van der Waals surface area contributed by atoms with E-state index in [4.69, 9.17) is 5.73 Å². The Kier molecular flexibility index (Phi) is 12.3. The van der Waals surface area contributed by atoms with E-state index in [1.807, 2.05) is 12.1 Å². The van der Waals surface area contributed by atoms with Gasteiger partial charge in [0.25, 0.3) is 5.91 Å². The van der Waals surface area contributed by atoms with Crippen LogP contribution in [0.1, 0.15) is 33.0 Å². The number of halogens is 2. The highest BCUT2D eigenvalue weighted by molar-refractivity contribution is 7.09. The van der Waals surface area contributed by atoms with Crippen LogP contribution in [0.25, 0.3) is 0 Å². The van der Waals surface area contributed by atoms with Gasteiger partial charge in [-0.3, -0.25) is 9.69 Å². The molecule has 0 fully saturated rings. The molecule has 0 aliphatic rings. The molecule has 3 N–H and O–H groups in total. The summed E-state index contributed by atoms with van der Waals surface area (Å²) in [6.07, 6.45) is 0.874. The minimum absolute atomic E-state index is 0. The van der Waals surface area contributed by atoms with Gasteiger partial charge in [0.05, 0.1) is 0 Å². The number of carbonyl (C=O) groups excluding carboxylic acids is 1. The molecule has 1 amide bonds. The first-order chi connectivity index (χ1) is 13.7. The number of thiazole rings is 1. The highest BCUT2D eigenvalue weighted by Gasteiger charge is 2.11. The number of amides is 1. The quantitative estimate of drug-likeness (QED) is 0.437. The zero-order valence-electron chi connectivity index (χ0n) is 16.7. The molecule has 5 nitrogen and oxygen atoms in total. The molecule has 0 aliphatic heterocycles. The van der Waals surface area contributed by atoms with Crippen molar-refractivity contribution in [2.45, 2.75) is 26.1 Å². The van der Waals surface area contributed by atoms with Crippen LogP contribution in [-0.4, -0.2) is 28.9 Å². The average molecular weight is 467 g/mol. The predicted octanol–water partition coefficient (Wildman–Crippen LogP) is 4.27. The van der Waals surface area contributed by atoms with Crippen LogP contribution in [0, 0.1) is 0 Å². The van der Waals surface area contributed by atoms with Crippen LogP contribution >= 0.6 is 36.2 Å². The molecule has 0 unspecified atom stereocenters. The second kappa shape index (κ2) is 14.1. The van der Waals surface area contributed by atoms with Crippen molar-refractivity contribution in [3.63, 3.8) is 0 Å². The first-order valence-corrected chi connectivity index (χ1v) is 10.4. The summed E-state index contributed by atoms with van der Waals surface area (Å²) in [4.78, 5) is 18.8. The van der Waals surface area contributed by atoms with Crippen molar-refractivity contribution >= 4 is 42.1 Å². The van der Waals surface area contributed by atoms with E-state index >= 15 is 0 Å². The molecule has 0 radical (unpaired) electrons. The molecule has 1 heterocycles. The molecule has 3 aromatic rings. The lowest BCUT2D eigenvalue weighted by molar-refractivity contribution is 0.0946. The monoisotopic (exact) mass is 466 g/mol. The average Bonchev–Trinajstić information content (AvgIpc) is 3.22. The van der Waals surface area contributed by atoms with Crippen molar-refractivity contribution < 1.29 is 4.79 Å². The lowest BCUT2D eigenvalue weighted by Gasteiger charge is -2.22. The standard InChI is InChI=1S/C22H26N4OS.2ClH/c23-14-21-25-20(17-28-21)22(27)24-12-7-13-26(15-18-8-3-1-4-9-18)16-19-10-5-2-6-11-19;;/h1-6,8-11,17H,7,12-16,23H2,(H,24,27);2*1H. The van der Waals surface area contributed by atoms with Crippen LogP contribution in [0.3, 0.4) is 0 Å². The van der Waals surface area contributed by atoms with Crippen LogP contribution in [0.5, 0.6) is 0 Å². The van der Waals surface area contributed by atoms with Gasteiger partial charge < -0.3 is 11.1 Å². The van der Waals surface area contributed by atoms with E-state index < -0.39 is 0 Å². The van der Waals surface area contributed by atoms with E-state index in [-0.39, 0.29) is 30.7 Å². The maximum absolute atomic E-state index is 12.2. The molecule has 0 saturated heterocycles. The smallest absolute Gasteiger partial charge is 0.270 e. The van der Waals surface area contributed by atoms with Gasteiger partial charge >= 0.3 is 0 Å². The van der Waals surface area contributed by atoms with Crippen LogP contribution < -0.4 is 11.1 Å². The number of nitrogens with two attached hydrogens (primary N) is 1. The van der Waals surface area contributed by atoms with Gasteiger partial charge in [0.15, 0.2) is 0 Å². The van der Waals surface area contributed by atoms with E-state index in [0.717, 1.165) is 31.1 Å². The number of carbonyl (C=O) groups is 1. The van der Waals surface area contributed by atoms with Gasteiger partial charge in [-0.2, -0.15) is 0 Å². The summed E-state index contributed by atoms with van der Waals surface area (Å²) >= 11 is 1.42. The minimum atomic E-state index is -0.131. The van der Waals surface area contributed by atoms with E-state index in [0.29, 0.717) is 18.8 Å². The predicted molar refractivity (Wildman–Crippen MR) is 128 cm³/mol. The zero-order valence-corrected chi connectivity index (χ0v) is 19.1. The van der Waals surface area contributed by atoms with Crippen molar-refractivity contribution in [2.24, 2.45) is 5.73 Å². The number of hydrogen-bond donors (Lipinski definition) is 2. The number of hydrogen-bond acceptors (Lipinski definition) is 5. The van der Waals surface area contributed by atoms with Gasteiger partial charge in [0.1, 0.15) is 10.7 Å². The van der Waals surface area contributed by atoms with Gasteiger partial charge in [0, 0.05) is 38.1 Å². The van der Waals surface area contributed by atoms with Crippen molar-refractivity contribution in [1.82, 2.24) is 15.2 Å². The second-order valence-corrected chi connectivity index (χ2v) is 7.56. The first kappa shape index (κ1) is 26.1. The van der Waals surface area contributed by atoms with Gasteiger partial charge in [-0.25, -0.2) is 4.98 Å². The molecule has 8 heteroatoms. The maximum atomic E-state index is 12.2. The third kappa shape index (κ3) is 8.42. The first-order valence-electron chi connectivity index (χ1n) is 9.47. The Bertz CT molecular complexity index is 820. The number of benzene rings is 2. The molecule has 0 bridgehead atoms. The summed E-state index contributed by atoms with van der Waals surface area (Å²) in [6, 6.07) is 20.9. The summed E-state index contributed by atoms with van der Waals surface area (Å²) in [5.41, 5.74) is 8.59. The zero-order chi connectivity index (χ0) is 19.6. The van der Waals surface area contributed by atoms with Gasteiger partial charge in [-0.15, -0.1) is 36.2 Å². The van der Waals surface area contributed by atoms with Crippen molar-refractivity contribution in [2.75, 3.05) is 13.1 Å². The van der Waals surface area contributed by atoms with Crippen LogP contribution in [0.4, 0.5) is 0 Å². The fourth-order valence-corrected chi connectivity index (χ4v) is 3.66. The molecule has 162 valence electrons. The second-order valence-electron chi connectivity index (χ2n) is 6.62. The summed E-state index contributed by atoms with van der Waals surface area (Å²) < 4.78 is 0. The van der Waals surface area contributed by atoms with Crippen molar-refractivity contribution in [1.29, 1.82) is 0 Å². The SMILES string of the molecule is Cl.Cl.NCc1nc(C(=O)NCCCN(Cc2ccccc2)Cc2ccccc2)cs1. The Morgan fingerprint density at radius 2 is 1.53 bits per heavy atom. The third-order valence-corrected chi connectivity index (χ3v) is 5.26. The van der Waals surface area contributed by atoms with E-state index in [9.17, 15) is 4.79 Å². The number of nitrogens with zero attached hydrogens (tertiary/aromatic N) is 2. The topological polar surface area (TPSA) is 71.2 Å². The molecule has 0 spiro atoms. The Labute approximate surface area is 194 Å². The van der Waals surface area contributed by atoms with E-state index in [1.165, 1.54) is 22.5 Å². The molecule has 1 aromatic heterocycles. The van der Waals surface area contributed by atoms with Gasteiger partial charge in [0.2, 0.25) is 0 Å². The Morgan fingerprint density at radius 1 is 0.967 bits per heavy atom. The summed E-state index contributed by atoms with van der Waals surface area (Å²) in [6.45, 7) is 3.65. The van der Waals surface area contributed by atoms with Gasteiger partial charge in [-0.1, -0.05) is 60.7 Å².